The van der Waals surface area contributed by atoms with E-state index < -0.39 is 97.5 Å². The van der Waals surface area contributed by atoms with Gasteiger partial charge in [0.2, 0.25) is 0 Å². The molecule has 0 saturated carbocycles. The molecule has 0 aliphatic carbocycles. The first-order chi connectivity index (χ1) is 46.7. The van der Waals surface area contributed by atoms with E-state index in [1.54, 1.807) is 0 Å². The Kier molecular flexibility index (Phi) is 65.9. The van der Waals surface area contributed by atoms with Crippen LogP contribution >= 0.6 is 15.6 Å². The topological polar surface area (TPSA) is 237 Å². The minimum Gasteiger partial charge on any atom is -0.462 e. The van der Waals surface area contributed by atoms with E-state index in [1.165, 1.54) is 193 Å². The number of carbonyl (C=O) groups excluding carboxylic acids is 4. The van der Waals surface area contributed by atoms with E-state index in [0.717, 1.165) is 114 Å². The van der Waals surface area contributed by atoms with Gasteiger partial charge in [-0.2, -0.15) is 0 Å². The lowest BCUT2D eigenvalue weighted by Crippen LogP contribution is -2.30. The second-order valence-electron chi connectivity index (χ2n) is 29.5. The van der Waals surface area contributed by atoms with E-state index >= 15 is 0 Å². The monoisotopic (exact) mass is 1420 g/mol. The van der Waals surface area contributed by atoms with Crippen molar-refractivity contribution in [2.24, 2.45) is 23.7 Å². The highest BCUT2D eigenvalue weighted by Crippen LogP contribution is 2.45. The number of aliphatic hydroxyl groups is 1. The van der Waals surface area contributed by atoms with Crippen molar-refractivity contribution in [3.8, 4) is 0 Å². The zero-order valence-electron chi connectivity index (χ0n) is 63.7. The summed E-state index contributed by atoms with van der Waals surface area (Å²) in [4.78, 5) is 72.9. The van der Waals surface area contributed by atoms with Gasteiger partial charge in [-0.3, -0.25) is 37.3 Å². The first-order valence-electron chi connectivity index (χ1n) is 40.3. The smallest absolute Gasteiger partial charge is 0.462 e. The van der Waals surface area contributed by atoms with Crippen LogP contribution in [0.25, 0.3) is 0 Å². The van der Waals surface area contributed by atoms with E-state index in [9.17, 15) is 43.2 Å². The van der Waals surface area contributed by atoms with E-state index in [2.05, 4.69) is 55.4 Å². The average Bonchev–Trinajstić information content (AvgIpc) is 1.41. The zero-order valence-corrected chi connectivity index (χ0v) is 65.5. The lowest BCUT2D eigenvalue weighted by atomic mass is 9.99. The summed E-state index contributed by atoms with van der Waals surface area (Å²) in [5, 5.41) is 10.6. The lowest BCUT2D eigenvalue weighted by molar-refractivity contribution is -0.161. The first kappa shape index (κ1) is 95.1. The average molecular weight is 1420 g/mol. The molecular weight excluding hydrogens is 1270 g/mol. The van der Waals surface area contributed by atoms with Crippen LogP contribution in [0, 0.1) is 23.7 Å². The van der Waals surface area contributed by atoms with Gasteiger partial charge < -0.3 is 33.8 Å². The minimum absolute atomic E-state index is 0.106. The Bertz CT molecular complexity index is 1910. The zero-order chi connectivity index (χ0) is 71.7. The Morgan fingerprint density at radius 3 is 0.732 bits per heavy atom. The van der Waals surface area contributed by atoms with E-state index in [0.29, 0.717) is 31.6 Å². The Labute approximate surface area is 594 Å². The van der Waals surface area contributed by atoms with Crippen LogP contribution in [-0.2, 0) is 65.4 Å². The molecule has 0 bridgehead atoms. The van der Waals surface area contributed by atoms with Gasteiger partial charge in [0.1, 0.15) is 19.3 Å². The molecule has 0 saturated heterocycles. The van der Waals surface area contributed by atoms with Gasteiger partial charge in [0.15, 0.2) is 12.2 Å². The van der Waals surface area contributed by atoms with Crippen molar-refractivity contribution in [3.05, 3.63) is 0 Å². The molecule has 0 aromatic heterocycles. The highest BCUT2D eigenvalue weighted by Gasteiger charge is 2.30. The maximum absolute atomic E-state index is 13.1. The number of carbonyl (C=O) groups is 4. The molecule has 0 spiro atoms. The molecule has 7 atom stereocenters. The van der Waals surface area contributed by atoms with Gasteiger partial charge >= 0.3 is 39.5 Å². The summed E-state index contributed by atoms with van der Waals surface area (Å²) >= 11 is 0. The van der Waals surface area contributed by atoms with Crippen LogP contribution in [-0.4, -0.2) is 96.7 Å². The Balaban J connectivity index is 5.23. The molecular formula is C78H152O17P2. The lowest BCUT2D eigenvalue weighted by Gasteiger charge is -2.21. The number of hydrogen-bond donors (Lipinski definition) is 3. The molecule has 0 heterocycles. The van der Waals surface area contributed by atoms with Gasteiger partial charge in [0.05, 0.1) is 26.4 Å². The van der Waals surface area contributed by atoms with Gasteiger partial charge in [-0.05, 0) is 49.4 Å². The van der Waals surface area contributed by atoms with Crippen molar-refractivity contribution in [2.75, 3.05) is 39.6 Å². The van der Waals surface area contributed by atoms with Gasteiger partial charge in [0.25, 0.3) is 0 Å². The van der Waals surface area contributed by atoms with Crippen LogP contribution in [0.1, 0.15) is 396 Å². The molecule has 0 aliphatic rings. The van der Waals surface area contributed by atoms with Gasteiger partial charge in [-0.1, -0.05) is 344 Å². The number of aliphatic hydroxyl groups excluding tert-OH is 1. The minimum atomic E-state index is -4.96. The standard InChI is InChI=1S/C78H152O17P2/c1-9-70(7)56-48-40-31-25-19-15-11-12-16-20-27-33-42-50-58-75(80)88-64-73(94-78(83)61-53-45-35-29-23-22-26-32-41-49-57-71(8)10-2)66-92-96(84,85)90-62-72(79)63-91-97(86,87)93-67-74(65-89-76(81)59-51-43-37-36-39-47-55-69(5)6)95-77(82)60-52-44-34-28-21-17-13-14-18-24-30-38-46-54-68(3)4/h68-74,79H,9-67H2,1-8H3,(H,84,85)(H,86,87)/t70?,71?,72-,73-,74-/m1/s1. The van der Waals surface area contributed by atoms with Crippen LogP contribution in [0.2, 0.25) is 0 Å². The van der Waals surface area contributed by atoms with Crippen molar-refractivity contribution in [1.29, 1.82) is 0 Å². The maximum atomic E-state index is 13.1. The van der Waals surface area contributed by atoms with E-state index in [4.69, 9.17) is 37.0 Å². The van der Waals surface area contributed by atoms with Gasteiger partial charge in [-0.15, -0.1) is 0 Å². The van der Waals surface area contributed by atoms with Crippen molar-refractivity contribution in [1.82, 2.24) is 0 Å². The first-order valence-corrected chi connectivity index (χ1v) is 43.3. The summed E-state index contributed by atoms with van der Waals surface area (Å²) in [5.74, 6) is 0.999. The normalized spacial score (nSPS) is 14.6. The van der Waals surface area contributed by atoms with E-state index in [1.807, 2.05) is 0 Å². The SMILES string of the molecule is CCC(C)CCCCCCCCCCCCCCCCC(=O)OC[C@H](COP(=O)(O)OC[C@@H](O)COP(=O)(O)OC[C@@H](COC(=O)CCCCCCCCC(C)C)OC(=O)CCCCCCCCCCCCCCCC(C)C)OC(=O)CCCCCCCCCCCCC(C)CC. The number of phosphoric acid groups is 2. The molecule has 0 amide bonds. The molecule has 0 fully saturated rings. The highest BCUT2D eigenvalue weighted by atomic mass is 31.2. The fourth-order valence-electron chi connectivity index (χ4n) is 11.8. The molecule has 17 nitrogen and oxygen atoms in total. The van der Waals surface area contributed by atoms with Crippen LogP contribution in [0.5, 0.6) is 0 Å². The molecule has 19 heteroatoms. The molecule has 97 heavy (non-hydrogen) atoms. The van der Waals surface area contributed by atoms with Crippen molar-refractivity contribution >= 4 is 39.5 Å². The number of esters is 4. The predicted molar refractivity (Wildman–Crippen MR) is 395 cm³/mol. The Morgan fingerprint density at radius 2 is 0.495 bits per heavy atom. The fourth-order valence-corrected chi connectivity index (χ4v) is 13.4. The second kappa shape index (κ2) is 67.2. The van der Waals surface area contributed by atoms with Gasteiger partial charge in [0, 0.05) is 25.7 Å². The Hall–Kier alpha value is -1.94. The fraction of sp³-hybridized carbons (Fsp3) is 0.949. The summed E-state index contributed by atoms with van der Waals surface area (Å²) in [6.45, 7) is 14.2. The summed E-state index contributed by atoms with van der Waals surface area (Å²) in [5.41, 5.74) is 0. The quantitative estimate of drug-likeness (QED) is 0.0222. The summed E-state index contributed by atoms with van der Waals surface area (Å²) < 4.78 is 68.6. The van der Waals surface area contributed by atoms with Crippen LogP contribution < -0.4 is 0 Å². The van der Waals surface area contributed by atoms with Gasteiger partial charge in [-0.25, -0.2) is 9.13 Å². The molecule has 0 aromatic rings. The van der Waals surface area contributed by atoms with E-state index in [-0.39, 0.29) is 25.7 Å². The van der Waals surface area contributed by atoms with Crippen LogP contribution in [0.3, 0.4) is 0 Å². The van der Waals surface area contributed by atoms with Crippen LogP contribution in [0.4, 0.5) is 0 Å². The molecule has 576 valence electrons. The Morgan fingerprint density at radius 1 is 0.289 bits per heavy atom. The number of ether oxygens (including phenoxy) is 4. The predicted octanol–water partition coefficient (Wildman–Crippen LogP) is 22.8. The van der Waals surface area contributed by atoms with Crippen molar-refractivity contribution in [3.63, 3.8) is 0 Å². The molecule has 0 aliphatic heterocycles. The third-order valence-corrected chi connectivity index (χ3v) is 20.7. The number of hydrogen-bond acceptors (Lipinski definition) is 15. The second-order valence-corrected chi connectivity index (χ2v) is 32.4. The number of phosphoric ester groups is 2. The summed E-state index contributed by atoms with van der Waals surface area (Å²) in [6.07, 6.45) is 52.7. The third-order valence-electron chi connectivity index (χ3n) is 18.8. The molecule has 0 rings (SSSR count). The maximum Gasteiger partial charge on any atom is 0.472 e. The summed E-state index contributed by atoms with van der Waals surface area (Å²) in [6, 6.07) is 0. The molecule has 4 unspecified atom stereocenters. The number of rotatable bonds is 75. The highest BCUT2D eigenvalue weighted by molar-refractivity contribution is 7.47. The molecule has 0 aromatic carbocycles. The molecule has 0 radical (unpaired) electrons. The van der Waals surface area contributed by atoms with Crippen molar-refractivity contribution in [2.45, 2.75) is 414 Å². The van der Waals surface area contributed by atoms with Crippen LogP contribution in [0.15, 0.2) is 0 Å². The number of unbranched alkanes of at least 4 members (excludes halogenated alkanes) is 39. The molecule has 3 N–H and O–H groups in total. The third kappa shape index (κ3) is 69.5. The largest absolute Gasteiger partial charge is 0.472 e. The summed E-state index contributed by atoms with van der Waals surface area (Å²) in [7, 11) is -9.92. The van der Waals surface area contributed by atoms with Crippen molar-refractivity contribution < 1.29 is 80.2 Å².